The first-order valence-corrected chi connectivity index (χ1v) is 13.9. The third-order valence-corrected chi connectivity index (χ3v) is 8.33. The molecule has 39 heavy (non-hydrogen) atoms. The van der Waals surface area contributed by atoms with Crippen LogP contribution in [0.5, 0.6) is 5.75 Å². The lowest BCUT2D eigenvalue weighted by atomic mass is 9.80. The molecule has 5 nitrogen and oxygen atoms in total. The molecule has 2 N–H and O–H groups in total. The monoisotopic (exact) mass is 653 g/mol. The molecular formula is C29H28F4IN3O2. The largest absolute Gasteiger partial charge is 0.461 e. The minimum atomic E-state index is -4.67. The van der Waals surface area contributed by atoms with E-state index < -0.39 is 29.9 Å². The molecule has 0 unspecified atom stereocenters. The average molecular weight is 653 g/mol. The van der Waals surface area contributed by atoms with E-state index in [1.54, 1.807) is 18.3 Å². The number of pyridine rings is 1. The van der Waals surface area contributed by atoms with Gasteiger partial charge in [-0.2, -0.15) is 17.6 Å². The summed E-state index contributed by atoms with van der Waals surface area (Å²) < 4.78 is 58.7. The number of nitrogens with one attached hydrogen (secondary N) is 2. The summed E-state index contributed by atoms with van der Waals surface area (Å²) >= 11 is 2.12. The van der Waals surface area contributed by atoms with Crippen molar-refractivity contribution in [2.75, 3.05) is 0 Å². The Bertz CT molecular complexity index is 1300. The number of hydrogen-bond donors (Lipinski definition) is 2. The molecule has 4 atom stereocenters. The lowest BCUT2D eigenvalue weighted by Gasteiger charge is -2.36. The maximum atomic E-state index is 13.8. The van der Waals surface area contributed by atoms with Crippen LogP contribution in [0.25, 0.3) is 0 Å². The van der Waals surface area contributed by atoms with Gasteiger partial charge in [-0.05, 0) is 89.1 Å². The van der Waals surface area contributed by atoms with Gasteiger partial charge in [0, 0.05) is 22.2 Å². The first-order chi connectivity index (χ1) is 18.6. The van der Waals surface area contributed by atoms with Gasteiger partial charge in [0.2, 0.25) is 0 Å². The standard InChI is InChI=1S/C29H28F4IN3O2/c30-26(31)29(32,33)39-23-8-4-7-21(15-23)28(16-18-5-2-1-3-6-18,25-12-11-22(34)17-35-25)37-27(38)36-24-14-19-9-10-20(24)13-19/h1-8,11-12,15,17,19-20,24,26H,9-10,13-14,16H2,(H2,36,37,38)/t19-,20+,24+,28+/m0/s1. The van der Waals surface area contributed by atoms with E-state index in [1.807, 2.05) is 36.4 Å². The van der Waals surface area contributed by atoms with Crippen molar-refractivity contribution in [3.63, 3.8) is 0 Å². The van der Waals surface area contributed by atoms with Crippen molar-refractivity contribution in [2.24, 2.45) is 11.8 Å². The molecule has 0 saturated heterocycles. The van der Waals surface area contributed by atoms with Gasteiger partial charge in [0.1, 0.15) is 11.3 Å². The summed E-state index contributed by atoms with van der Waals surface area (Å²) in [5.41, 5.74) is 0.355. The topological polar surface area (TPSA) is 63.2 Å². The molecule has 1 aromatic heterocycles. The van der Waals surface area contributed by atoms with Gasteiger partial charge in [0.05, 0.1) is 5.69 Å². The number of amides is 2. The number of carbonyl (C=O) groups is 1. The van der Waals surface area contributed by atoms with E-state index in [2.05, 4.69) is 42.9 Å². The number of hydrogen-bond acceptors (Lipinski definition) is 3. The Morgan fingerprint density at radius 3 is 2.49 bits per heavy atom. The third-order valence-electron chi connectivity index (χ3n) is 7.69. The van der Waals surface area contributed by atoms with Crippen LogP contribution in [0.2, 0.25) is 0 Å². The van der Waals surface area contributed by atoms with Gasteiger partial charge in [-0.1, -0.05) is 48.9 Å². The summed E-state index contributed by atoms with van der Waals surface area (Å²) in [6.45, 7) is 0. The van der Waals surface area contributed by atoms with Crippen LogP contribution in [-0.2, 0) is 12.0 Å². The Morgan fingerprint density at radius 1 is 1.05 bits per heavy atom. The number of benzene rings is 2. The smallest absolute Gasteiger partial charge is 0.428 e. The molecule has 2 aromatic carbocycles. The SMILES string of the molecule is O=C(N[C@@H]1C[C@H]2CC[C@@H]1C2)N[C@](Cc1ccccc1)(c1cccc(OC(F)(F)C(F)F)c1)c1ccc(I)cn1. The van der Waals surface area contributed by atoms with Crippen LogP contribution < -0.4 is 15.4 Å². The molecule has 0 aliphatic heterocycles. The average Bonchev–Trinajstić information content (AvgIpc) is 3.52. The van der Waals surface area contributed by atoms with Crippen molar-refractivity contribution in [1.82, 2.24) is 15.6 Å². The van der Waals surface area contributed by atoms with E-state index in [0.717, 1.165) is 28.4 Å². The first-order valence-electron chi connectivity index (χ1n) is 12.8. The Hall–Kier alpha value is -2.89. The number of fused-ring (bicyclic) bond motifs is 2. The van der Waals surface area contributed by atoms with Gasteiger partial charge >= 0.3 is 18.6 Å². The fraction of sp³-hybridized carbons (Fsp3) is 0.379. The number of alkyl halides is 4. The molecule has 3 aromatic rings. The van der Waals surface area contributed by atoms with Gasteiger partial charge in [0.15, 0.2) is 0 Å². The van der Waals surface area contributed by atoms with Gasteiger partial charge in [-0.25, -0.2) is 4.79 Å². The number of aromatic nitrogens is 1. The lowest BCUT2D eigenvalue weighted by molar-refractivity contribution is -0.253. The van der Waals surface area contributed by atoms with E-state index in [1.165, 1.54) is 24.6 Å². The summed E-state index contributed by atoms with van der Waals surface area (Å²) in [7, 11) is 0. The minimum Gasteiger partial charge on any atom is -0.428 e. The Morgan fingerprint density at radius 2 is 1.85 bits per heavy atom. The highest BCUT2D eigenvalue weighted by Crippen LogP contribution is 2.44. The molecule has 2 amide bonds. The van der Waals surface area contributed by atoms with Gasteiger partial charge in [-0.3, -0.25) is 4.98 Å². The van der Waals surface area contributed by atoms with E-state index in [9.17, 15) is 22.4 Å². The fourth-order valence-electron chi connectivity index (χ4n) is 5.90. The summed E-state index contributed by atoms with van der Waals surface area (Å²) in [5.74, 6) is 0.614. The second kappa shape index (κ2) is 11.3. The van der Waals surface area contributed by atoms with Crippen LogP contribution in [0, 0.1) is 15.4 Å². The highest BCUT2D eigenvalue weighted by atomic mass is 127. The zero-order valence-corrected chi connectivity index (χ0v) is 23.1. The van der Waals surface area contributed by atoms with Crippen LogP contribution in [0.15, 0.2) is 72.9 Å². The normalized spacial score (nSPS) is 21.9. The number of ether oxygens (including phenoxy) is 1. The Labute approximate surface area is 237 Å². The van der Waals surface area contributed by atoms with Crippen molar-refractivity contribution >= 4 is 28.6 Å². The zero-order chi connectivity index (χ0) is 27.6. The minimum absolute atomic E-state index is 0.0576. The third kappa shape index (κ3) is 6.15. The molecule has 2 aliphatic carbocycles. The molecule has 2 aliphatic rings. The van der Waals surface area contributed by atoms with Crippen LogP contribution in [0.1, 0.15) is 42.5 Å². The highest BCUT2D eigenvalue weighted by Gasteiger charge is 2.45. The van der Waals surface area contributed by atoms with Crippen LogP contribution in [-0.4, -0.2) is 29.6 Å². The number of urea groups is 1. The molecule has 2 fully saturated rings. The second-order valence-corrected chi connectivity index (χ2v) is 11.5. The van der Waals surface area contributed by atoms with Gasteiger partial charge < -0.3 is 15.4 Å². The van der Waals surface area contributed by atoms with E-state index in [-0.39, 0.29) is 12.5 Å². The van der Waals surface area contributed by atoms with Crippen molar-refractivity contribution < 1.29 is 27.1 Å². The summed E-state index contributed by atoms with van der Waals surface area (Å²) in [5, 5.41) is 6.26. The Kier molecular flexibility index (Phi) is 8.02. The molecule has 10 heteroatoms. The molecule has 2 bridgehead atoms. The highest BCUT2D eigenvalue weighted by molar-refractivity contribution is 14.1. The van der Waals surface area contributed by atoms with E-state index in [4.69, 9.17) is 0 Å². The predicted octanol–water partition coefficient (Wildman–Crippen LogP) is 6.90. The predicted molar refractivity (Wildman–Crippen MR) is 147 cm³/mol. The molecule has 2 saturated carbocycles. The summed E-state index contributed by atoms with van der Waals surface area (Å²) in [6.07, 6.45) is -2.50. The van der Waals surface area contributed by atoms with Crippen molar-refractivity contribution in [3.05, 3.63) is 93.3 Å². The molecule has 0 spiro atoms. The zero-order valence-electron chi connectivity index (χ0n) is 20.9. The molecule has 206 valence electrons. The van der Waals surface area contributed by atoms with Crippen molar-refractivity contribution in [3.8, 4) is 5.75 Å². The number of halogens is 5. The maximum absolute atomic E-state index is 13.8. The van der Waals surface area contributed by atoms with Crippen LogP contribution in [0.3, 0.4) is 0 Å². The first kappa shape index (κ1) is 27.7. The molecule has 0 radical (unpaired) electrons. The van der Waals surface area contributed by atoms with Crippen molar-refractivity contribution in [1.29, 1.82) is 0 Å². The van der Waals surface area contributed by atoms with Crippen LogP contribution >= 0.6 is 22.6 Å². The van der Waals surface area contributed by atoms with Gasteiger partial charge in [0.25, 0.3) is 0 Å². The summed E-state index contributed by atoms with van der Waals surface area (Å²) in [4.78, 5) is 18.2. The number of nitrogens with zero attached hydrogens (tertiary/aromatic N) is 1. The molecular weight excluding hydrogens is 625 g/mol. The molecule has 5 rings (SSSR count). The van der Waals surface area contributed by atoms with Crippen LogP contribution in [0.4, 0.5) is 22.4 Å². The van der Waals surface area contributed by atoms with E-state index in [0.29, 0.717) is 23.1 Å². The number of carbonyl (C=O) groups excluding carboxylic acids is 1. The fourth-order valence-corrected chi connectivity index (χ4v) is 6.22. The number of rotatable bonds is 9. The quantitative estimate of drug-likeness (QED) is 0.195. The van der Waals surface area contributed by atoms with E-state index >= 15 is 0 Å². The lowest BCUT2D eigenvalue weighted by Crippen LogP contribution is -2.55. The second-order valence-electron chi connectivity index (χ2n) is 10.3. The van der Waals surface area contributed by atoms with Gasteiger partial charge in [-0.15, -0.1) is 0 Å². The van der Waals surface area contributed by atoms with Crippen molar-refractivity contribution in [2.45, 2.75) is 56.2 Å². The Balaban J connectivity index is 1.57. The maximum Gasteiger partial charge on any atom is 0.461 e. The molecule has 1 heterocycles. The summed E-state index contributed by atoms with van der Waals surface area (Å²) in [6, 6.07) is 18.2.